The van der Waals surface area contributed by atoms with Crippen LogP contribution >= 0.6 is 0 Å². The third kappa shape index (κ3) is 2.91. The SMILES string of the molecule is CNC(c1ccc(C(=O)OC)o1)C(C)c1ccccc1. The van der Waals surface area contributed by atoms with Crippen LogP contribution in [0.5, 0.6) is 0 Å². The zero-order valence-electron chi connectivity index (χ0n) is 11.9. The molecule has 4 nitrogen and oxygen atoms in total. The molecular weight excluding hydrogens is 254 g/mol. The minimum atomic E-state index is -0.460. The van der Waals surface area contributed by atoms with Crippen LogP contribution in [-0.4, -0.2) is 20.1 Å². The fourth-order valence-electron chi connectivity index (χ4n) is 2.32. The fourth-order valence-corrected chi connectivity index (χ4v) is 2.32. The monoisotopic (exact) mass is 273 g/mol. The number of methoxy groups -OCH3 is 1. The van der Waals surface area contributed by atoms with Gasteiger partial charge < -0.3 is 14.5 Å². The number of benzene rings is 1. The normalized spacial score (nSPS) is 13.8. The third-order valence-electron chi connectivity index (χ3n) is 3.46. The predicted octanol–water partition coefficient (Wildman–Crippen LogP) is 3.13. The molecule has 0 amide bonds. The fraction of sp³-hybridized carbons (Fsp3) is 0.312. The van der Waals surface area contributed by atoms with Crippen molar-refractivity contribution in [3.63, 3.8) is 0 Å². The Bertz CT molecular complexity index is 562. The molecule has 0 saturated carbocycles. The summed E-state index contributed by atoms with van der Waals surface area (Å²) in [5.74, 6) is 0.712. The van der Waals surface area contributed by atoms with E-state index in [1.807, 2.05) is 31.3 Å². The maximum absolute atomic E-state index is 11.4. The Hall–Kier alpha value is -2.07. The van der Waals surface area contributed by atoms with Crippen molar-refractivity contribution in [2.24, 2.45) is 0 Å². The van der Waals surface area contributed by atoms with Crippen LogP contribution in [0, 0.1) is 0 Å². The van der Waals surface area contributed by atoms with Crippen LogP contribution in [0.4, 0.5) is 0 Å². The number of furan rings is 1. The molecule has 0 radical (unpaired) electrons. The second-order valence-corrected chi connectivity index (χ2v) is 4.66. The standard InChI is InChI=1S/C16H19NO3/c1-11(12-7-5-4-6-8-12)15(17-2)13-9-10-14(20-13)16(18)19-3/h4-11,15,17H,1-3H3. The molecule has 1 aromatic heterocycles. The van der Waals surface area contributed by atoms with Crippen molar-refractivity contribution in [1.29, 1.82) is 0 Å². The molecule has 20 heavy (non-hydrogen) atoms. The maximum Gasteiger partial charge on any atom is 0.373 e. The van der Waals surface area contributed by atoms with Crippen LogP contribution in [0.25, 0.3) is 0 Å². The number of esters is 1. The molecule has 106 valence electrons. The van der Waals surface area contributed by atoms with E-state index in [9.17, 15) is 4.79 Å². The van der Waals surface area contributed by atoms with Gasteiger partial charge in [-0.25, -0.2) is 4.79 Å². The average molecular weight is 273 g/mol. The average Bonchev–Trinajstić information content (AvgIpc) is 2.97. The molecule has 2 unspecified atom stereocenters. The summed E-state index contributed by atoms with van der Waals surface area (Å²) >= 11 is 0. The largest absolute Gasteiger partial charge is 0.463 e. The van der Waals surface area contributed by atoms with Crippen LogP contribution in [0.2, 0.25) is 0 Å². The lowest BCUT2D eigenvalue weighted by atomic mass is 9.92. The lowest BCUT2D eigenvalue weighted by Crippen LogP contribution is -2.21. The highest BCUT2D eigenvalue weighted by atomic mass is 16.5. The highest BCUT2D eigenvalue weighted by molar-refractivity contribution is 5.86. The molecular formula is C16H19NO3. The van der Waals surface area contributed by atoms with Crippen LogP contribution in [0.3, 0.4) is 0 Å². The van der Waals surface area contributed by atoms with E-state index in [-0.39, 0.29) is 17.7 Å². The lowest BCUT2D eigenvalue weighted by molar-refractivity contribution is 0.0561. The van der Waals surface area contributed by atoms with E-state index in [0.717, 1.165) is 5.76 Å². The van der Waals surface area contributed by atoms with Gasteiger partial charge in [0.05, 0.1) is 13.2 Å². The van der Waals surface area contributed by atoms with Gasteiger partial charge in [0.25, 0.3) is 0 Å². The lowest BCUT2D eigenvalue weighted by Gasteiger charge is -2.22. The summed E-state index contributed by atoms with van der Waals surface area (Å²) < 4.78 is 10.2. The summed E-state index contributed by atoms with van der Waals surface area (Å²) in [6.45, 7) is 2.12. The van der Waals surface area contributed by atoms with Crippen LogP contribution in [0.15, 0.2) is 46.9 Å². The maximum atomic E-state index is 11.4. The van der Waals surface area contributed by atoms with E-state index in [1.165, 1.54) is 12.7 Å². The molecule has 1 aromatic carbocycles. The first-order valence-corrected chi connectivity index (χ1v) is 6.57. The Morgan fingerprint density at radius 1 is 1.20 bits per heavy atom. The van der Waals surface area contributed by atoms with Gasteiger partial charge in [-0.2, -0.15) is 0 Å². The first-order chi connectivity index (χ1) is 9.67. The van der Waals surface area contributed by atoms with Crippen molar-refractivity contribution in [1.82, 2.24) is 5.32 Å². The van der Waals surface area contributed by atoms with Crippen molar-refractivity contribution < 1.29 is 13.9 Å². The Kier molecular flexibility index (Phi) is 4.58. The summed E-state index contributed by atoms with van der Waals surface area (Å²) in [6, 6.07) is 13.6. The zero-order valence-corrected chi connectivity index (χ0v) is 11.9. The number of ether oxygens (including phenoxy) is 1. The third-order valence-corrected chi connectivity index (χ3v) is 3.46. The molecule has 0 spiro atoms. The van der Waals surface area contributed by atoms with Crippen molar-refractivity contribution in [2.45, 2.75) is 18.9 Å². The van der Waals surface area contributed by atoms with E-state index in [2.05, 4.69) is 29.1 Å². The van der Waals surface area contributed by atoms with Gasteiger partial charge >= 0.3 is 5.97 Å². The number of hydrogen-bond donors (Lipinski definition) is 1. The minimum absolute atomic E-state index is 0.00388. The van der Waals surface area contributed by atoms with Gasteiger partial charge in [-0.05, 0) is 24.7 Å². The highest BCUT2D eigenvalue weighted by Gasteiger charge is 2.23. The van der Waals surface area contributed by atoms with E-state index >= 15 is 0 Å². The predicted molar refractivity (Wildman–Crippen MR) is 76.7 cm³/mol. The van der Waals surface area contributed by atoms with Gasteiger partial charge in [-0.3, -0.25) is 0 Å². The Balaban J connectivity index is 2.24. The van der Waals surface area contributed by atoms with Crippen LogP contribution < -0.4 is 5.32 Å². The molecule has 0 bridgehead atoms. The second-order valence-electron chi connectivity index (χ2n) is 4.66. The number of carbonyl (C=O) groups is 1. The number of carbonyl (C=O) groups excluding carboxylic acids is 1. The Morgan fingerprint density at radius 3 is 2.50 bits per heavy atom. The van der Waals surface area contributed by atoms with Crippen molar-refractivity contribution in [2.75, 3.05) is 14.2 Å². The van der Waals surface area contributed by atoms with E-state index in [1.54, 1.807) is 6.07 Å². The Labute approximate surface area is 118 Å². The van der Waals surface area contributed by atoms with Gasteiger partial charge in [0, 0.05) is 5.92 Å². The summed E-state index contributed by atoms with van der Waals surface area (Å²) in [6.07, 6.45) is 0. The first kappa shape index (κ1) is 14.3. The molecule has 2 atom stereocenters. The quantitative estimate of drug-likeness (QED) is 0.850. The highest BCUT2D eigenvalue weighted by Crippen LogP contribution is 2.31. The summed E-state index contributed by atoms with van der Waals surface area (Å²) in [7, 11) is 3.22. The number of nitrogens with one attached hydrogen (secondary N) is 1. The van der Waals surface area contributed by atoms with E-state index < -0.39 is 5.97 Å². The molecule has 0 aliphatic heterocycles. The van der Waals surface area contributed by atoms with Crippen molar-refractivity contribution >= 4 is 5.97 Å². The smallest absolute Gasteiger partial charge is 0.373 e. The molecule has 2 rings (SSSR count). The summed E-state index contributed by atoms with van der Waals surface area (Å²) in [5, 5.41) is 3.24. The first-order valence-electron chi connectivity index (χ1n) is 6.57. The Morgan fingerprint density at radius 2 is 1.90 bits per heavy atom. The van der Waals surface area contributed by atoms with Crippen LogP contribution in [-0.2, 0) is 4.74 Å². The zero-order chi connectivity index (χ0) is 14.5. The molecule has 1 N–H and O–H groups in total. The van der Waals surface area contributed by atoms with Crippen molar-refractivity contribution in [3.8, 4) is 0 Å². The molecule has 0 aliphatic carbocycles. The minimum Gasteiger partial charge on any atom is -0.463 e. The van der Waals surface area contributed by atoms with Crippen molar-refractivity contribution in [3.05, 3.63) is 59.5 Å². The number of hydrogen-bond acceptors (Lipinski definition) is 4. The molecule has 0 aliphatic rings. The topological polar surface area (TPSA) is 51.5 Å². The van der Waals surface area contributed by atoms with Gasteiger partial charge in [-0.15, -0.1) is 0 Å². The second kappa shape index (κ2) is 6.39. The summed E-state index contributed by atoms with van der Waals surface area (Å²) in [4.78, 5) is 11.4. The van der Waals surface area contributed by atoms with Gasteiger partial charge in [0.15, 0.2) is 0 Å². The van der Waals surface area contributed by atoms with Gasteiger partial charge in [0.1, 0.15) is 5.76 Å². The molecule has 0 fully saturated rings. The van der Waals surface area contributed by atoms with E-state index in [0.29, 0.717) is 0 Å². The van der Waals surface area contributed by atoms with Crippen LogP contribution in [0.1, 0.15) is 40.8 Å². The molecule has 2 aromatic rings. The molecule has 4 heteroatoms. The summed E-state index contributed by atoms with van der Waals surface area (Å²) in [5.41, 5.74) is 1.21. The van der Waals surface area contributed by atoms with Gasteiger partial charge in [0.2, 0.25) is 5.76 Å². The number of likely N-dealkylation sites (N-methyl/N-ethyl adjacent to an activating group) is 1. The van der Waals surface area contributed by atoms with Gasteiger partial charge in [-0.1, -0.05) is 37.3 Å². The molecule has 0 saturated heterocycles. The van der Waals surface area contributed by atoms with E-state index in [4.69, 9.17) is 4.42 Å². The molecule has 1 heterocycles. The number of rotatable bonds is 5.